The third kappa shape index (κ3) is 4.03. The number of hydrogen-bond acceptors (Lipinski definition) is 3. The standard InChI is InChI=1S/C12H18N2O.2ClH/c1-15-11-6-4-5-10(9-11)12-7-2-3-8-14(12)13;;/h4-6,9,12H,2-3,7-8,13H2,1H3;2*1H. The Bertz CT molecular complexity index is 336. The number of benzene rings is 1. The number of piperidine rings is 1. The lowest BCUT2D eigenvalue weighted by Crippen LogP contribution is -2.38. The van der Waals surface area contributed by atoms with E-state index in [1.165, 1.54) is 18.4 Å². The zero-order valence-electron chi connectivity index (χ0n) is 9.96. The van der Waals surface area contributed by atoms with Gasteiger partial charge in [-0.3, -0.25) is 5.84 Å². The van der Waals surface area contributed by atoms with Gasteiger partial charge in [-0.1, -0.05) is 18.6 Å². The van der Waals surface area contributed by atoms with Crippen LogP contribution in [0.4, 0.5) is 0 Å². The molecular weight excluding hydrogens is 259 g/mol. The van der Waals surface area contributed by atoms with Crippen LogP contribution >= 0.6 is 24.8 Å². The first kappa shape index (κ1) is 16.5. The summed E-state index contributed by atoms with van der Waals surface area (Å²) in [4.78, 5) is 0. The fraction of sp³-hybridized carbons (Fsp3) is 0.500. The normalized spacial score (nSPS) is 20.0. The van der Waals surface area contributed by atoms with Crippen molar-refractivity contribution < 1.29 is 4.74 Å². The smallest absolute Gasteiger partial charge is 0.119 e. The summed E-state index contributed by atoms with van der Waals surface area (Å²) in [5.74, 6) is 6.90. The van der Waals surface area contributed by atoms with Gasteiger partial charge in [-0.25, -0.2) is 5.01 Å². The highest BCUT2D eigenvalue weighted by molar-refractivity contribution is 5.85. The van der Waals surface area contributed by atoms with Crippen LogP contribution in [-0.2, 0) is 0 Å². The Hall–Kier alpha value is -0.480. The topological polar surface area (TPSA) is 38.5 Å². The van der Waals surface area contributed by atoms with Gasteiger partial charge in [-0.15, -0.1) is 24.8 Å². The van der Waals surface area contributed by atoms with Crippen molar-refractivity contribution in [3.63, 3.8) is 0 Å². The number of halogens is 2. The number of hydrogen-bond donors (Lipinski definition) is 1. The van der Waals surface area contributed by atoms with Crippen LogP contribution < -0.4 is 10.6 Å². The zero-order valence-corrected chi connectivity index (χ0v) is 11.6. The zero-order chi connectivity index (χ0) is 10.7. The van der Waals surface area contributed by atoms with Crippen LogP contribution in [0.3, 0.4) is 0 Å². The molecule has 1 fully saturated rings. The van der Waals surface area contributed by atoms with E-state index in [1.54, 1.807) is 7.11 Å². The van der Waals surface area contributed by atoms with Gasteiger partial charge in [-0.2, -0.15) is 0 Å². The molecule has 1 aromatic rings. The summed E-state index contributed by atoms with van der Waals surface area (Å²) in [6, 6.07) is 8.55. The maximum Gasteiger partial charge on any atom is 0.119 e. The van der Waals surface area contributed by atoms with E-state index in [9.17, 15) is 0 Å². The third-order valence-electron chi connectivity index (χ3n) is 3.02. The first-order chi connectivity index (χ1) is 7.31. The molecule has 3 nitrogen and oxygen atoms in total. The van der Waals surface area contributed by atoms with Crippen LogP contribution in [0.5, 0.6) is 5.75 Å². The van der Waals surface area contributed by atoms with Gasteiger partial charge in [0.25, 0.3) is 0 Å². The number of ether oxygens (including phenoxy) is 1. The molecule has 2 rings (SSSR count). The predicted molar refractivity (Wildman–Crippen MR) is 75.0 cm³/mol. The first-order valence-electron chi connectivity index (χ1n) is 5.46. The van der Waals surface area contributed by atoms with Gasteiger partial charge in [0.15, 0.2) is 0 Å². The Morgan fingerprint density at radius 1 is 1.29 bits per heavy atom. The Balaban J connectivity index is 0.00000128. The molecule has 1 atom stereocenters. The SMILES string of the molecule is COc1cccc(C2CCCCN2N)c1.Cl.Cl. The van der Waals surface area contributed by atoms with Gasteiger partial charge >= 0.3 is 0 Å². The highest BCUT2D eigenvalue weighted by Gasteiger charge is 2.21. The summed E-state index contributed by atoms with van der Waals surface area (Å²) < 4.78 is 5.22. The monoisotopic (exact) mass is 278 g/mol. The highest BCUT2D eigenvalue weighted by Crippen LogP contribution is 2.29. The van der Waals surface area contributed by atoms with E-state index >= 15 is 0 Å². The van der Waals surface area contributed by atoms with Crippen LogP contribution in [-0.4, -0.2) is 18.7 Å². The molecule has 1 unspecified atom stereocenters. The summed E-state index contributed by atoms with van der Waals surface area (Å²) in [6.07, 6.45) is 3.61. The minimum Gasteiger partial charge on any atom is -0.497 e. The molecule has 0 aromatic heterocycles. The summed E-state index contributed by atoms with van der Waals surface area (Å²) in [7, 11) is 1.69. The van der Waals surface area contributed by atoms with Crippen molar-refractivity contribution >= 4 is 24.8 Å². The van der Waals surface area contributed by atoms with Crippen molar-refractivity contribution in [3.8, 4) is 5.75 Å². The van der Waals surface area contributed by atoms with Crippen LogP contribution in [0.1, 0.15) is 30.9 Å². The van der Waals surface area contributed by atoms with E-state index in [0.29, 0.717) is 6.04 Å². The Kier molecular flexibility index (Phi) is 7.55. The molecule has 1 heterocycles. The third-order valence-corrected chi connectivity index (χ3v) is 3.02. The van der Waals surface area contributed by atoms with Gasteiger partial charge in [-0.05, 0) is 30.5 Å². The molecule has 0 radical (unpaired) electrons. The number of nitrogens with zero attached hydrogens (tertiary/aromatic N) is 1. The molecule has 0 saturated carbocycles. The molecule has 0 spiro atoms. The minimum absolute atomic E-state index is 0. The summed E-state index contributed by atoms with van der Waals surface area (Å²) >= 11 is 0. The van der Waals surface area contributed by atoms with Crippen molar-refractivity contribution in [2.24, 2.45) is 5.84 Å². The maximum atomic E-state index is 6.00. The average Bonchev–Trinajstić information content (AvgIpc) is 2.30. The maximum absolute atomic E-state index is 6.00. The van der Waals surface area contributed by atoms with Gasteiger partial charge in [0.05, 0.1) is 7.11 Å². The molecular formula is C12H20Cl2N2O. The highest BCUT2D eigenvalue weighted by atomic mass is 35.5. The van der Waals surface area contributed by atoms with E-state index in [2.05, 4.69) is 12.1 Å². The quantitative estimate of drug-likeness (QED) is 0.846. The van der Waals surface area contributed by atoms with Crippen LogP contribution in [0.25, 0.3) is 0 Å². The summed E-state index contributed by atoms with van der Waals surface area (Å²) in [6.45, 7) is 0.988. The van der Waals surface area contributed by atoms with Crippen molar-refractivity contribution in [1.29, 1.82) is 0 Å². The van der Waals surface area contributed by atoms with Crippen LogP contribution in [0, 0.1) is 0 Å². The van der Waals surface area contributed by atoms with Crippen molar-refractivity contribution in [2.45, 2.75) is 25.3 Å². The Labute approximate surface area is 115 Å². The number of methoxy groups -OCH3 is 1. The average molecular weight is 279 g/mol. The molecule has 98 valence electrons. The van der Waals surface area contributed by atoms with E-state index < -0.39 is 0 Å². The largest absolute Gasteiger partial charge is 0.497 e. The van der Waals surface area contributed by atoms with E-state index in [4.69, 9.17) is 10.6 Å². The van der Waals surface area contributed by atoms with Crippen molar-refractivity contribution in [3.05, 3.63) is 29.8 Å². The number of rotatable bonds is 2. The lowest BCUT2D eigenvalue weighted by atomic mass is 9.97. The number of hydrazine groups is 1. The van der Waals surface area contributed by atoms with E-state index in [0.717, 1.165) is 18.7 Å². The van der Waals surface area contributed by atoms with Gasteiger partial charge in [0.2, 0.25) is 0 Å². The lowest BCUT2D eigenvalue weighted by Gasteiger charge is -2.32. The summed E-state index contributed by atoms with van der Waals surface area (Å²) in [5, 5.41) is 1.94. The molecule has 0 aliphatic carbocycles. The second-order valence-corrected chi connectivity index (χ2v) is 4.03. The van der Waals surface area contributed by atoms with Crippen LogP contribution in [0.15, 0.2) is 24.3 Å². The second-order valence-electron chi connectivity index (χ2n) is 4.03. The molecule has 17 heavy (non-hydrogen) atoms. The van der Waals surface area contributed by atoms with Gasteiger partial charge in [0, 0.05) is 12.6 Å². The molecule has 1 aromatic carbocycles. The van der Waals surface area contributed by atoms with Crippen LogP contribution in [0.2, 0.25) is 0 Å². The molecule has 0 amide bonds. The first-order valence-corrected chi connectivity index (χ1v) is 5.46. The molecule has 1 saturated heterocycles. The van der Waals surface area contributed by atoms with Crippen molar-refractivity contribution in [1.82, 2.24) is 5.01 Å². The van der Waals surface area contributed by atoms with Crippen molar-refractivity contribution in [2.75, 3.05) is 13.7 Å². The van der Waals surface area contributed by atoms with E-state index in [-0.39, 0.29) is 24.8 Å². The molecule has 5 heteroatoms. The Morgan fingerprint density at radius 2 is 2.06 bits per heavy atom. The summed E-state index contributed by atoms with van der Waals surface area (Å²) in [5.41, 5.74) is 1.26. The number of nitrogens with two attached hydrogens (primary N) is 1. The fourth-order valence-electron chi connectivity index (χ4n) is 2.16. The molecule has 2 N–H and O–H groups in total. The predicted octanol–water partition coefficient (Wildman–Crippen LogP) is 2.94. The van der Waals surface area contributed by atoms with Gasteiger partial charge < -0.3 is 4.74 Å². The lowest BCUT2D eigenvalue weighted by molar-refractivity contribution is 0.151. The fourth-order valence-corrected chi connectivity index (χ4v) is 2.16. The molecule has 0 bridgehead atoms. The molecule has 1 aliphatic heterocycles. The Morgan fingerprint density at radius 3 is 2.71 bits per heavy atom. The minimum atomic E-state index is 0. The van der Waals surface area contributed by atoms with Gasteiger partial charge in [0.1, 0.15) is 5.75 Å². The second kappa shape index (κ2) is 7.77. The van der Waals surface area contributed by atoms with E-state index in [1.807, 2.05) is 17.1 Å². The molecule has 1 aliphatic rings.